The van der Waals surface area contributed by atoms with Gasteiger partial charge in [-0.1, -0.05) is 11.6 Å². The van der Waals surface area contributed by atoms with Gasteiger partial charge < -0.3 is 15.0 Å². The van der Waals surface area contributed by atoms with Crippen molar-refractivity contribution in [2.45, 2.75) is 25.3 Å². The molecule has 9 heteroatoms. The van der Waals surface area contributed by atoms with Crippen molar-refractivity contribution < 1.29 is 14.3 Å². The van der Waals surface area contributed by atoms with Gasteiger partial charge in [-0.15, -0.1) is 11.3 Å². The highest BCUT2D eigenvalue weighted by molar-refractivity contribution is 7.17. The molecule has 0 spiro atoms. The molecule has 4 heterocycles. The monoisotopic (exact) mass is 408 g/mol. The molecule has 2 amide bonds. The van der Waals surface area contributed by atoms with Gasteiger partial charge in [0.1, 0.15) is 5.82 Å². The van der Waals surface area contributed by atoms with Crippen LogP contribution >= 0.6 is 22.9 Å². The van der Waals surface area contributed by atoms with Crippen molar-refractivity contribution in [1.29, 1.82) is 0 Å². The van der Waals surface area contributed by atoms with E-state index in [0.717, 1.165) is 19.3 Å². The van der Waals surface area contributed by atoms with Gasteiger partial charge in [0.2, 0.25) is 5.91 Å². The predicted octanol–water partition coefficient (Wildman–Crippen LogP) is 3.05. The third-order valence-electron chi connectivity index (χ3n) is 5.10. The number of likely N-dealkylation sites (tertiary alicyclic amines) is 1. The van der Waals surface area contributed by atoms with Crippen LogP contribution in [0.4, 0.5) is 5.82 Å². The lowest BCUT2D eigenvalue weighted by Gasteiger charge is -2.32. The number of piperidine rings is 1. The number of nitrogens with one attached hydrogen (secondary N) is 1. The maximum atomic E-state index is 12.6. The first-order valence-corrected chi connectivity index (χ1v) is 10.3. The molecule has 27 heavy (non-hydrogen) atoms. The summed E-state index contributed by atoms with van der Waals surface area (Å²) in [7, 11) is 0. The average Bonchev–Trinajstić information content (AvgIpc) is 3.43. The Kier molecular flexibility index (Phi) is 5.47. The summed E-state index contributed by atoms with van der Waals surface area (Å²) in [4.78, 5) is 27.4. The fourth-order valence-corrected chi connectivity index (χ4v) is 4.58. The highest BCUT2D eigenvalue weighted by Gasteiger charge is 2.28. The zero-order valence-corrected chi connectivity index (χ0v) is 16.3. The number of amides is 2. The van der Waals surface area contributed by atoms with Crippen LogP contribution in [0, 0.1) is 5.92 Å². The third-order valence-corrected chi connectivity index (χ3v) is 6.32. The summed E-state index contributed by atoms with van der Waals surface area (Å²) in [6.45, 7) is 2.43. The minimum Gasteiger partial charge on any atom is -0.381 e. The molecule has 2 aromatic rings. The van der Waals surface area contributed by atoms with Crippen LogP contribution < -0.4 is 5.32 Å². The van der Waals surface area contributed by atoms with E-state index in [9.17, 15) is 9.59 Å². The Morgan fingerprint density at radius 2 is 2.04 bits per heavy atom. The maximum Gasteiger partial charge on any atom is 0.263 e. The Balaban J connectivity index is 1.36. The zero-order valence-electron chi connectivity index (χ0n) is 14.8. The van der Waals surface area contributed by atoms with E-state index in [0.29, 0.717) is 41.3 Å². The number of hydrogen-bond acceptors (Lipinski definition) is 5. The molecule has 2 aliphatic heterocycles. The number of anilines is 1. The minimum atomic E-state index is -0.0922. The lowest BCUT2D eigenvalue weighted by atomic mass is 10.0. The van der Waals surface area contributed by atoms with Crippen molar-refractivity contribution in [2.75, 3.05) is 31.6 Å². The van der Waals surface area contributed by atoms with E-state index in [1.54, 1.807) is 18.3 Å². The maximum absolute atomic E-state index is 12.6. The van der Waals surface area contributed by atoms with E-state index in [1.165, 1.54) is 11.3 Å². The number of rotatable bonds is 4. The fourth-order valence-electron chi connectivity index (χ4n) is 3.57. The molecular formula is C18H21ClN4O3S. The number of carbonyl (C=O) groups is 2. The highest BCUT2D eigenvalue weighted by Crippen LogP contribution is 2.29. The van der Waals surface area contributed by atoms with Gasteiger partial charge in [-0.2, -0.15) is 5.10 Å². The molecule has 0 bridgehead atoms. The summed E-state index contributed by atoms with van der Waals surface area (Å²) < 4.78 is 7.78. The lowest BCUT2D eigenvalue weighted by Crippen LogP contribution is -2.39. The largest absolute Gasteiger partial charge is 0.381 e. The second-order valence-electron chi connectivity index (χ2n) is 6.84. The smallest absolute Gasteiger partial charge is 0.263 e. The molecule has 0 aliphatic carbocycles. The number of thiophene rings is 1. The number of hydrogen-bond donors (Lipinski definition) is 1. The van der Waals surface area contributed by atoms with Gasteiger partial charge in [-0.05, 0) is 31.4 Å². The van der Waals surface area contributed by atoms with Gasteiger partial charge in [0, 0.05) is 25.8 Å². The molecule has 4 rings (SSSR count). The van der Waals surface area contributed by atoms with E-state index >= 15 is 0 Å². The van der Waals surface area contributed by atoms with Gasteiger partial charge in [0.15, 0.2) is 0 Å². The van der Waals surface area contributed by atoms with E-state index < -0.39 is 0 Å². The molecule has 7 nitrogen and oxygen atoms in total. The van der Waals surface area contributed by atoms with Crippen molar-refractivity contribution in [2.24, 2.45) is 5.92 Å². The van der Waals surface area contributed by atoms with Crippen molar-refractivity contribution >= 4 is 40.6 Å². The van der Waals surface area contributed by atoms with Crippen LogP contribution in [0.3, 0.4) is 0 Å². The molecule has 2 saturated heterocycles. The van der Waals surface area contributed by atoms with Crippen LogP contribution in [-0.4, -0.2) is 52.8 Å². The number of ether oxygens (including phenoxy) is 1. The van der Waals surface area contributed by atoms with Gasteiger partial charge in [0.25, 0.3) is 5.91 Å². The van der Waals surface area contributed by atoms with Gasteiger partial charge in [-0.3, -0.25) is 9.59 Å². The Labute approximate surface area is 166 Å². The summed E-state index contributed by atoms with van der Waals surface area (Å²) in [5.41, 5.74) is 0. The molecule has 2 aromatic heterocycles. The van der Waals surface area contributed by atoms with Crippen molar-refractivity contribution in [3.8, 4) is 0 Å². The molecule has 1 atom stereocenters. The average molecular weight is 409 g/mol. The quantitative estimate of drug-likeness (QED) is 0.843. The predicted molar refractivity (Wildman–Crippen MR) is 103 cm³/mol. The van der Waals surface area contributed by atoms with E-state index in [1.807, 2.05) is 15.6 Å². The first-order valence-electron chi connectivity index (χ1n) is 9.08. The molecule has 2 aliphatic rings. The van der Waals surface area contributed by atoms with Crippen LogP contribution in [0.15, 0.2) is 24.4 Å². The van der Waals surface area contributed by atoms with Crippen LogP contribution in [0.2, 0.25) is 4.34 Å². The third kappa shape index (κ3) is 4.02. The Morgan fingerprint density at radius 3 is 2.70 bits per heavy atom. The van der Waals surface area contributed by atoms with E-state index in [2.05, 4.69) is 10.4 Å². The van der Waals surface area contributed by atoms with Crippen LogP contribution in [-0.2, 0) is 9.53 Å². The highest BCUT2D eigenvalue weighted by atomic mass is 35.5. The summed E-state index contributed by atoms with van der Waals surface area (Å²) in [6, 6.07) is 5.50. The van der Waals surface area contributed by atoms with Crippen molar-refractivity contribution in [3.63, 3.8) is 0 Å². The van der Waals surface area contributed by atoms with Crippen LogP contribution in [0.1, 0.15) is 35.0 Å². The van der Waals surface area contributed by atoms with E-state index in [4.69, 9.17) is 16.3 Å². The Bertz CT molecular complexity index is 822. The standard InChI is InChI=1S/C18H21ClN4O3S/c19-15-2-1-14(27-15)18(25)22-8-4-13(5-9-22)23-16(3-7-20-23)21-17(24)12-6-10-26-11-12/h1-3,7,12-13H,4-6,8-11H2,(H,21,24). The lowest BCUT2D eigenvalue weighted by molar-refractivity contribution is -0.119. The first kappa shape index (κ1) is 18.5. The minimum absolute atomic E-state index is 0.0172. The molecule has 2 fully saturated rings. The summed E-state index contributed by atoms with van der Waals surface area (Å²) >= 11 is 7.24. The number of carbonyl (C=O) groups excluding carboxylic acids is 2. The Hall–Kier alpha value is -1.90. The number of halogens is 1. The molecule has 0 saturated carbocycles. The van der Waals surface area contributed by atoms with Gasteiger partial charge >= 0.3 is 0 Å². The first-order chi connectivity index (χ1) is 13.1. The Morgan fingerprint density at radius 1 is 1.22 bits per heavy atom. The van der Waals surface area contributed by atoms with Crippen LogP contribution in [0.25, 0.3) is 0 Å². The molecule has 0 aromatic carbocycles. The van der Waals surface area contributed by atoms with Crippen LogP contribution in [0.5, 0.6) is 0 Å². The number of nitrogens with zero attached hydrogens (tertiary/aromatic N) is 3. The van der Waals surface area contributed by atoms with E-state index in [-0.39, 0.29) is 23.8 Å². The van der Waals surface area contributed by atoms with Crippen molar-refractivity contribution in [1.82, 2.24) is 14.7 Å². The molecular weight excluding hydrogens is 388 g/mol. The fraction of sp³-hybridized carbons (Fsp3) is 0.500. The van der Waals surface area contributed by atoms with Gasteiger partial charge in [-0.25, -0.2) is 4.68 Å². The topological polar surface area (TPSA) is 76.5 Å². The summed E-state index contributed by atoms with van der Waals surface area (Å²) in [5.74, 6) is 0.629. The summed E-state index contributed by atoms with van der Waals surface area (Å²) in [5, 5.41) is 7.38. The second kappa shape index (κ2) is 8.00. The number of aromatic nitrogens is 2. The molecule has 0 radical (unpaired) electrons. The SMILES string of the molecule is O=C(Nc1ccnn1C1CCN(C(=O)c2ccc(Cl)s2)CC1)C1CCOC1. The van der Waals surface area contributed by atoms with Crippen molar-refractivity contribution in [3.05, 3.63) is 33.6 Å². The molecule has 1 unspecified atom stereocenters. The van der Waals surface area contributed by atoms with Gasteiger partial charge in [0.05, 0.1) is 34.0 Å². The second-order valence-corrected chi connectivity index (χ2v) is 8.55. The molecule has 144 valence electrons. The normalized spacial score (nSPS) is 20.8. The summed E-state index contributed by atoms with van der Waals surface area (Å²) in [6.07, 6.45) is 4.04. The molecule has 1 N–H and O–H groups in total. The zero-order chi connectivity index (χ0) is 18.8.